The summed E-state index contributed by atoms with van der Waals surface area (Å²) < 4.78 is 0. The number of unbranched alkanes of at least 4 members (excludes halogenated alkanes) is 1. The lowest BCUT2D eigenvalue weighted by Crippen LogP contribution is -2.51. The van der Waals surface area contributed by atoms with Crippen LogP contribution in [0.4, 0.5) is 5.69 Å². The van der Waals surface area contributed by atoms with Gasteiger partial charge in [-0.15, -0.1) is 0 Å². The van der Waals surface area contributed by atoms with Crippen molar-refractivity contribution in [3.8, 4) is 6.07 Å². The van der Waals surface area contributed by atoms with E-state index >= 15 is 0 Å². The third-order valence-corrected chi connectivity index (χ3v) is 3.42. The summed E-state index contributed by atoms with van der Waals surface area (Å²) in [5.74, 6) is 0. The van der Waals surface area contributed by atoms with Gasteiger partial charge in [-0.05, 0) is 38.4 Å². The normalized spacial score (nSPS) is 13.5. The molecule has 0 heterocycles. The van der Waals surface area contributed by atoms with E-state index in [1.54, 1.807) is 0 Å². The van der Waals surface area contributed by atoms with Gasteiger partial charge in [-0.3, -0.25) is 5.32 Å². The van der Waals surface area contributed by atoms with Gasteiger partial charge in [0.2, 0.25) is 0 Å². The molecule has 1 aromatic rings. The maximum Gasteiger partial charge on any atom is 0.121 e. The van der Waals surface area contributed by atoms with Gasteiger partial charge >= 0.3 is 0 Å². The molecule has 0 saturated carbocycles. The van der Waals surface area contributed by atoms with Crippen LogP contribution >= 0.6 is 0 Å². The number of rotatable bonds is 9. The molecule has 0 fully saturated rings. The zero-order valence-electron chi connectivity index (χ0n) is 13.0. The lowest BCUT2D eigenvalue weighted by molar-refractivity contribution is 0.440. The van der Waals surface area contributed by atoms with Crippen molar-refractivity contribution in [3.05, 3.63) is 30.3 Å². The molecule has 110 valence electrons. The summed E-state index contributed by atoms with van der Waals surface area (Å²) in [7, 11) is 0. The lowest BCUT2D eigenvalue weighted by Gasteiger charge is -2.33. The highest BCUT2D eigenvalue weighted by molar-refractivity contribution is 5.47. The fourth-order valence-electron chi connectivity index (χ4n) is 2.20. The van der Waals surface area contributed by atoms with Gasteiger partial charge in [-0.1, -0.05) is 38.5 Å². The first-order valence-electron chi connectivity index (χ1n) is 7.61. The smallest absolute Gasteiger partial charge is 0.121 e. The highest BCUT2D eigenvalue weighted by Crippen LogP contribution is 2.17. The van der Waals surface area contributed by atoms with E-state index in [-0.39, 0.29) is 0 Å². The van der Waals surface area contributed by atoms with Crippen LogP contribution in [0.3, 0.4) is 0 Å². The van der Waals surface area contributed by atoms with Gasteiger partial charge in [0, 0.05) is 18.8 Å². The molecule has 0 aliphatic rings. The average Bonchev–Trinajstić information content (AvgIpc) is 2.50. The van der Waals surface area contributed by atoms with Gasteiger partial charge in [0.05, 0.1) is 6.07 Å². The second-order valence-corrected chi connectivity index (χ2v) is 5.48. The molecule has 0 spiro atoms. The van der Waals surface area contributed by atoms with E-state index in [9.17, 15) is 5.26 Å². The number of para-hydroxylation sites is 1. The fourth-order valence-corrected chi connectivity index (χ4v) is 2.20. The largest absolute Gasteiger partial charge is 0.369 e. The standard InChI is InChI=1S/C17H27N3/c1-4-6-13-20(16-10-8-7-9-11-16)15-17(3,14-18)19-12-5-2/h7-11,19H,4-6,12-13,15H2,1-3H3. The van der Waals surface area contributed by atoms with Crippen LogP contribution in [0.2, 0.25) is 0 Å². The molecule has 3 nitrogen and oxygen atoms in total. The summed E-state index contributed by atoms with van der Waals surface area (Å²) in [6.07, 6.45) is 3.34. The summed E-state index contributed by atoms with van der Waals surface area (Å²) >= 11 is 0. The first-order valence-corrected chi connectivity index (χ1v) is 7.61. The van der Waals surface area contributed by atoms with Crippen LogP contribution in [0.25, 0.3) is 0 Å². The van der Waals surface area contributed by atoms with Crippen LogP contribution in [0.1, 0.15) is 40.0 Å². The van der Waals surface area contributed by atoms with Crippen molar-refractivity contribution >= 4 is 5.69 Å². The molecule has 0 aromatic heterocycles. The van der Waals surface area contributed by atoms with Crippen molar-refractivity contribution in [2.75, 3.05) is 24.5 Å². The van der Waals surface area contributed by atoms with E-state index in [1.807, 2.05) is 13.0 Å². The number of nitrogens with one attached hydrogen (secondary N) is 1. The number of anilines is 1. The van der Waals surface area contributed by atoms with Crippen LogP contribution in [-0.2, 0) is 0 Å². The Hall–Kier alpha value is -1.53. The monoisotopic (exact) mass is 273 g/mol. The topological polar surface area (TPSA) is 39.1 Å². The van der Waals surface area contributed by atoms with Crippen molar-refractivity contribution in [1.82, 2.24) is 5.32 Å². The Balaban J connectivity index is 2.80. The Morgan fingerprint density at radius 3 is 2.45 bits per heavy atom. The number of nitriles is 1. The maximum atomic E-state index is 9.49. The van der Waals surface area contributed by atoms with Crippen molar-refractivity contribution in [2.24, 2.45) is 0 Å². The van der Waals surface area contributed by atoms with Crippen LogP contribution < -0.4 is 10.2 Å². The van der Waals surface area contributed by atoms with Crippen LogP contribution in [0.15, 0.2) is 30.3 Å². The summed E-state index contributed by atoms with van der Waals surface area (Å²) in [4.78, 5) is 2.31. The van der Waals surface area contributed by atoms with Crippen LogP contribution in [-0.4, -0.2) is 25.2 Å². The van der Waals surface area contributed by atoms with Crippen molar-refractivity contribution in [1.29, 1.82) is 5.26 Å². The molecule has 1 unspecified atom stereocenters. The lowest BCUT2D eigenvalue weighted by atomic mass is 10.0. The minimum atomic E-state index is -0.500. The molecule has 3 heteroatoms. The first-order chi connectivity index (χ1) is 9.65. The molecule has 20 heavy (non-hydrogen) atoms. The van der Waals surface area contributed by atoms with Gasteiger partial charge in [0.1, 0.15) is 5.54 Å². The molecule has 1 rings (SSSR count). The third kappa shape index (κ3) is 5.22. The minimum absolute atomic E-state index is 0.500. The number of benzene rings is 1. The van der Waals surface area contributed by atoms with E-state index in [1.165, 1.54) is 5.69 Å². The molecule has 1 aromatic carbocycles. The van der Waals surface area contributed by atoms with Gasteiger partial charge in [-0.25, -0.2) is 0 Å². The zero-order valence-corrected chi connectivity index (χ0v) is 13.0. The highest BCUT2D eigenvalue weighted by atomic mass is 15.2. The average molecular weight is 273 g/mol. The molecule has 0 bridgehead atoms. The predicted molar refractivity (Wildman–Crippen MR) is 85.9 cm³/mol. The molecule has 0 aliphatic carbocycles. The van der Waals surface area contributed by atoms with Gasteiger partial charge in [-0.2, -0.15) is 5.26 Å². The first kappa shape index (κ1) is 16.5. The number of hydrogen-bond acceptors (Lipinski definition) is 3. The predicted octanol–water partition coefficient (Wildman–Crippen LogP) is 3.57. The molecular weight excluding hydrogens is 246 g/mol. The Morgan fingerprint density at radius 2 is 1.90 bits per heavy atom. The SMILES string of the molecule is CCCCN(CC(C)(C#N)NCCC)c1ccccc1. The number of hydrogen-bond donors (Lipinski definition) is 1. The van der Waals surface area contributed by atoms with Crippen molar-refractivity contribution < 1.29 is 0 Å². The second kappa shape index (κ2) is 8.60. The quantitative estimate of drug-likeness (QED) is 0.747. The maximum absolute atomic E-state index is 9.49. The van der Waals surface area contributed by atoms with E-state index in [4.69, 9.17) is 0 Å². The summed E-state index contributed by atoms with van der Waals surface area (Å²) in [6, 6.07) is 12.8. The van der Waals surface area contributed by atoms with Crippen LogP contribution in [0.5, 0.6) is 0 Å². The summed E-state index contributed by atoms with van der Waals surface area (Å²) in [5.41, 5.74) is 0.695. The van der Waals surface area contributed by atoms with E-state index in [2.05, 4.69) is 54.4 Å². The van der Waals surface area contributed by atoms with E-state index in [0.29, 0.717) is 6.54 Å². The molecule has 1 atom stereocenters. The molecule has 1 N–H and O–H groups in total. The fraction of sp³-hybridized carbons (Fsp3) is 0.588. The minimum Gasteiger partial charge on any atom is -0.369 e. The molecule has 0 saturated heterocycles. The molecular formula is C17H27N3. The summed E-state index contributed by atoms with van der Waals surface area (Å²) in [5, 5.41) is 12.9. The van der Waals surface area contributed by atoms with Gasteiger partial charge in [0.15, 0.2) is 0 Å². The Labute approximate surface area is 123 Å². The van der Waals surface area contributed by atoms with E-state index in [0.717, 1.165) is 32.4 Å². The number of nitrogens with zero attached hydrogens (tertiary/aromatic N) is 2. The zero-order chi connectivity index (χ0) is 14.8. The Bertz CT molecular complexity index is 410. The van der Waals surface area contributed by atoms with Gasteiger partial charge in [0.25, 0.3) is 0 Å². The highest BCUT2D eigenvalue weighted by Gasteiger charge is 2.26. The van der Waals surface area contributed by atoms with Crippen molar-refractivity contribution in [2.45, 2.75) is 45.6 Å². The third-order valence-electron chi connectivity index (χ3n) is 3.42. The molecule has 0 aliphatic heterocycles. The Kier molecular flexibility index (Phi) is 7.11. The summed E-state index contributed by atoms with van der Waals surface area (Å²) in [6.45, 7) is 8.89. The molecule has 0 amide bonds. The molecule has 0 radical (unpaired) electrons. The van der Waals surface area contributed by atoms with Gasteiger partial charge < -0.3 is 4.90 Å². The van der Waals surface area contributed by atoms with Crippen molar-refractivity contribution in [3.63, 3.8) is 0 Å². The second-order valence-electron chi connectivity index (χ2n) is 5.48. The van der Waals surface area contributed by atoms with Crippen LogP contribution in [0, 0.1) is 11.3 Å². The Morgan fingerprint density at radius 1 is 1.20 bits per heavy atom. The van der Waals surface area contributed by atoms with E-state index < -0.39 is 5.54 Å².